The minimum absolute atomic E-state index is 0.0582. The zero-order valence-electron chi connectivity index (χ0n) is 9.67. The van der Waals surface area contributed by atoms with E-state index in [-0.39, 0.29) is 5.78 Å². The van der Waals surface area contributed by atoms with Gasteiger partial charge in [-0.3, -0.25) is 9.59 Å². The molecule has 3 nitrogen and oxygen atoms in total. The van der Waals surface area contributed by atoms with Gasteiger partial charge in [0, 0.05) is 20.7 Å². The van der Waals surface area contributed by atoms with Gasteiger partial charge in [0.05, 0.1) is 0 Å². The minimum atomic E-state index is -0.495. The van der Waals surface area contributed by atoms with Crippen LogP contribution in [0.3, 0.4) is 0 Å². The van der Waals surface area contributed by atoms with Crippen LogP contribution in [0.15, 0.2) is 45.5 Å². The Morgan fingerprint density at radius 2 is 1.89 bits per heavy atom. The first kappa shape index (κ1) is 12.9. The third kappa shape index (κ3) is 2.63. The molecule has 1 amide bonds. The molecule has 2 rings (SSSR count). The number of hydrogen-bond acceptors (Lipinski definition) is 4. The fraction of sp³-hybridized carbons (Fsp3) is 0.0769. The minimum Gasteiger partial charge on any atom is -0.365 e. The van der Waals surface area contributed by atoms with Crippen LogP contribution < -0.4 is 5.73 Å². The fourth-order valence-electron chi connectivity index (χ4n) is 1.47. The second-order valence-corrected chi connectivity index (χ2v) is 5.61. The zero-order valence-corrected chi connectivity index (χ0v) is 11.3. The molecule has 0 saturated carbocycles. The van der Waals surface area contributed by atoms with Crippen LogP contribution in [0.2, 0.25) is 0 Å². The van der Waals surface area contributed by atoms with Crippen LogP contribution in [0, 0.1) is 0 Å². The molecule has 0 radical (unpaired) electrons. The second-order valence-electron chi connectivity index (χ2n) is 3.64. The molecular formula is C13H11NO2S2. The lowest BCUT2D eigenvalue weighted by atomic mass is 10.2. The quantitative estimate of drug-likeness (QED) is 0.873. The first-order valence-corrected chi connectivity index (χ1v) is 6.94. The van der Waals surface area contributed by atoms with Crippen molar-refractivity contribution in [2.24, 2.45) is 5.73 Å². The number of amides is 1. The molecule has 0 atom stereocenters. The number of Topliss-reactive ketones (excluding diaryl/α,β-unsaturated/α-hetero) is 1. The van der Waals surface area contributed by atoms with E-state index in [0.717, 1.165) is 4.90 Å². The molecule has 0 bridgehead atoms. The lowest BCUT2D eigenvalue weighted by molar-refractivity contribution is 0.100. The summed E-state index contributed by atoms with van der Waals surface area (Å²) in [6, 6.07) is 9.59. The number of primary amides is 1. The molecule has 0 unspecified atom stereocenters. The van der Waals surface area contributed by atoms with Gasteiger partial charge in [-0.15, -0.1) is 11.3 Å². The third-order valence-electron chi connectivity index (χ3n) is 2.31. The van der Waals surface area contributed by atoms with Gasteiger partial charge < -0.3 is 5.73 Å². The first-order valence-electron chi connectivity index (χ1n) is 5.24. The number of thiophene rings is 1. The van der Waals surface area contributed by atoms with E-state index >= 15 is 0 Å². The standard InChI is InChI=1S/C13H11NO2S2/c1-8(15)10-7-17-12(13(14)16)11(10)18-9-5-3-2-4-6-9/h2-7H,1H3,(H2,14,16). The summed E-state index contributed by atoms with van der Waals surface area (Å²) in [7, 11) is 0. The van der Waals surface area contributed by atoms with Crippen molar-refractivity contribution in [3.63, 3.8) is 0 Å². The van der Waals surface area contributed by atoms with Crippen molar-refractivity contribution in [1.82, 2.24) is 0 Å². The van der Waals surface area contributed by atoms with Crippen molar-refractivity contribution in [3.8, 4) is 0 Å². The van der Waals surface area contributed by atoms with Crippen molar-refractivity contribution in [2.45, 2.75) is 16.7 Å². The van der Waals surface area contributed by atoms with E-state index in [1.165, 1.54) is 30.0 Å². The Hall–Kier alpha value is -1.59. The van der Waals surface area contributed by atoms with Gasteiger partial charge in [0.15, 0.2) is 5.78 Å². The Morgan fingerprint density at radius 3 is 2.44 bits per heavy atom. The molecule has 92 valence electrons. The maximum Gasteiger partial charge on any atom is 0.259 e. The summed E-state index contributed by atoms with van der Waals surface area (Å²) in [5.41, 5.74) is 5.89. The van der Waals surface area contributed by atoms with E-state index in [9.17, 15) is 9.59 Å². The van der Waals surface area contributed by atoms with Gasteiger partial charge in [0.2, 0.25) is 0 Å². The number of hydrogen-bond donors (Lipinski definition) is 1. The van der Waals surface area contributed by atoms with Gasteiger partial charge in [-0.05, 0) is 19.1 Å². The average molecular weight is 277 g/mol. The molecule has 0 saturated heterocycles. The lowest BCUT2D eigenvalue weighted by Crippen LogP contribution is -2.10. The number of nitrogens with two attached hydrogens (primary N) is 1. The monoisotopic (exact) mass is 277 g/mol. The number of carbonyl (C=O) groups is 2. The van der Waals surface area contributed by atoms with Crippen LogP contribution in [0.4, 0.5) is 0 Å². The number of benzene rings is 1. The molecule has 18 heavy (non-hydrogen) atoms. The molecule has 0 spiro atoms. The van der Waals surface area contributed by atoms with Gasteiger partial charge >= 0.3 is 0 Å². The highest BCUT2D eigenvalue weighted by molar-refractivity contribution is 7.99. The van der Waals surface area contributed by atoms with Gasteiger partial charge in [-0.1, -0.05) is 30.0 Å². The highest BCUT2D eigenvalue weighted by atomic mass is 32.2. The van der Waals surface area contributed by atoms with Crippen molar-refractivity contribution in [1.29, 1.82) is 0 Å². The van der Waals surface area contributed by atoms with Crippen LogP contribution in [0.1, 0.15) is 27.0 Å². The van der Waals surface area contributed by atoms with Gasteiger partial charge in [-0.25, -0.2) is 0 Å². The van der Waals surface area contributed by atoms with E-state index in [1.807, 2.05) is 30.3 Å². The van der Waals surface area contributed by atoms with Crippen molar-refractivity contribution < 1.29 is 9.59 Å². The SMILES string of the molecule is CC(=O)c1csc(C(N)=O)c1Sc1ccccc1. The van der Waals surface area contributed by atoms with Gasteiger partial charge in [0.25, 0.3) is 5.91 Å². The molecule has 0 aliphatic carbocycles. The van der Waals surface area contributed by atoms with E-state index in [4.69, 9.17) is 5.73 Å². The summed E-state index contributed by atoms with van der Waals surface area (Å²) in [4.78, 5) is 25.0. The molecule has 1 aromatic heterocycles. The predicted molar refractivity (Wildman–Crippen MR) is 73.4 cm³/mol. The van der Waals surface area contributed by atoms with Crippen molar-refractivity contribution >= 4 is 34.8 Å². The number of ketones is 1. The summed E-state index contributed by atoms with van der Waals surface area (Å²) >= 11 is 2.61. The highest BCUT2D eigenvalue weighted by Gasteiger charge is 2.19. The van der Waals surface area contributed by atoms with Crippen LogP contribution in [-0.4, -0.2) is 11.7 Å². The second kappa shape index (κ2) is 5.37. The smallest absolute Gasteiger partial charge is 0.259 e. The molecule has 2 aromatic rings. The van der Waals surface area contributed by atoms with Crippen molar-refractivity contribution in [2.75, 3.05) is 0 Å². The van der Waals surface area contributed by atoms with Crippen LogP contribution in [0.25, 0.3) is 0 Å². The maximum atomic E-state index is 11.5. The normalized spacial score (nSPS) is 10.3. The zero-order chi connectivity index (χ0) is 13.1. The Balaban J connectivity index is 2.44. The molecule has 2 N–H and O–H groups in total. The highest BCUT2D eigenvalue weighted by Crippen LogP contribution is 2.37. The van der Waals surface area contributed by atoms with Gasteiger partial charge in [0.1, 0.15) is 4.88 Å². The van der Waals surface area contributed by atoms with Crippen LogP contribution in [-0.2, 0) is 0 Å². The summed E-state index contributed by atoms with van der Waals surface area (Å²) in [5, 5.41) is 1.69. The maximum absolute atomic E-state index is 11.5. The van der Waals surface area contributed by atoms with E-state index in [1.54, 1.807) is 5.38 Å². The topological polar surface area (TPSA) is 60.2 Å². The number of rotatable bonds is 4. The van der Waals surface area contributed by atoms with Crippen molar-refractivity contribution in [3.05, 3.63) is 46.2 Å². The number of carbonyl (C=O) groups excluding carboxylic acids is 2. The van der Waals surface area contributed by atoms with Crippen LogP contribution in [0.5, 0.6) is 0 Å². The third-order valence-corrected chi connectivity index (χ3v) is 4.57. The van der Waals surface area contributed by atoms with E-state index < -0.39 is 5.91 Å². The van der Waals surface area contributed by atoms with E-state index in [2.05, 4.69) is 0 Å². The molecule has 1 aromatic carbocycles. The largest absolute Gasteiger partial charge is 0.365 e. The molecule has 0 aliphatic heterocycles. The molecule has 0 fully saturated rings. The first-order chi connectivity index (χ1) is 8.59. The molecule has 0 aliphatic rings. The molecular weight excluding hydrogens is 266 g/mol. The molecule has 5 heteroatoms. The average Bonchev–Trinajstić information content (AvgIpc) is 2.74. The van der Waals surface area contributed by atoms with Gasteiger partial charge in [-0.2, -0.15) is 0 Å². The van der Waals surface area contributed by atoms with E-state index in [0.29, 0.717) is 15.3 Å². The Labute approximate surface area is 113 Å². The fourth-order valence-corrected chi connectivity index (χ4v) is 3.70. The summed E-state index contributed by atoms with van der Waals surface area (Å²) in [6.07, 6.45) is 0. The summed E-state index contributed by atoms with van der Waals surface area (Å²) < 4.78 is 0. The summed E-state index contributed by atoms with van der Waals surface area (Å²) in [6.45, 7) is 1.49. The Bertz CT molecular complexity index is 559. The predicted octanol–water partition coefficient (Wildman–Crippen LogP) is 3.20. The Kier molecular flexibility index (Phi) is 3.84. The summed E-state index contributed by atoms with van der Waals surface area (Å²) in [5.74, 6) is -0.553. The lowest BCUT2D eigenvalue weighted by Gasteiger charge is -2.03. The molecule has 1 heterocycles. The Morgan fingerprint density at radius 1 is 1.22 bits per heavy atom. The van der Waals surface area contributed by atoms with Crippen LogP contribution >= 0.6 is 23.1 Å².